The SMILES string of the molecule is CC(C)(C)c1cc(Pc2ccc(F)cc2C=O)c(O)c(C(C)(C)C)c1.Cc1cc(C(C)(C)C)cc(Pc2ccc(F)cc2C=O)c1O.Cc1cc(C)c(O)c(Pc2ccc(F)cc2C=O)c1.Cc1cc(Pc2ccc(F)cc2C=O)c(O)c(C(C)(C)C)c1.Cc1ccc(O)c(Pc2ccc(F)cc2C=O)c1.Cc1cccc(Pc2ccc(F)cc2C=O)c1O.O=Cc1cc(F)ccc1Pc1ccccc1O. The van der Waals surface area contributed by atoms with Crippen molar-refractivity contribution in [3.8, 4) is 40.2 Å². The number of phenolic OH excluding ortho intramolecular Hbond substituents is 7. The highest BCUT2D eigenvalue weighted by molar-refractivity contribution is 7.58. The number of phenols is 7. The molecule has 0 heterocycles. The molecule has 0 aliphatic heterocycles. The molecule has 7 unspecified atom stereocenters. The van der Waals surface area contributed by atoms with E-state index in [-0.39, 0.29) is 122 Å². The molecule has 14 aromatic carbocycles. The summed E-state index contributed by atoms with van der Waals surface area (Å²) in [6, 6.07) is 62.4. The van der Waals surface area contributed by atoms with Gasteiger partial charge in [0.15, 0.2) is 44.0 Å². The molecular weight excluding hydrogens is 1930 g/mol. The van der Waals surface area contributed by atoms with E-state index in [4.69, 9.17) is 0 Å². The molecular formula is C113H114F7O14P7. The molecule has 141 heavy (non-hydrogen) atoms. The Morgan fingerprint density at radius 3 is 0.794 bits per heavy atom. The monoisotopic (exact) mass is 2040 g/mol. The number of carbonyl (C=O) groups excluding carboxylic acids is 7. The maximum atomic E-state index is 13.4. The van der Waals surface area contributed by atoms with Gasteiger partial charge in [-0.2, -0.15) is 0 Å². The zero-order valence-corrected chi connectivity index (χ0v) is 88.2. The standard InChI is InChI=1S/C21H26FO2P.2C18H20FO2P.C15H14FO2P.2C14H12FO2P.C13H10FO2P/c1-20(2,3)14-10-16(21(4,5)6)19(24)18(11-14)25-17-8-7-15(22)9-13(17)12-23;1-11-7-13(18(2,3)4)9-16(17(11)21)22-15-6-5-14(19)8-12(15)10-20;1-11-7-14(18(2,3)4)17(21)16(8-11)22-15-6-5-13(19)9-12(15)10-20;1-9-5-10(2)15(18)14(6-9)19-13-4-3-12(16)7-11(13)8-17;1-9-2-4-12(17)14(6-9)18-13-5-3-11(15)7-10(13)8-16;1-9-3-2-4-13(14(9)17)18-12-6-5-11(15)7-10(12)8-16;14-10-5-6-12(9(7-10)8-15)17-13-4-2-1-3-11(13)16/h7-12,24-25H,1-6H3;2*5-10,21-22H,1-4H3;3-8,18-19H,1-2H3;2*2-8,17-18H,1H3;1-8,16-17H. The zero-order chi connectivity index (χ0) is 104. The van der Waals surface area contributed by atoms with Crippen molar-refractivity contribution < 1.29 is 100 Å². The van der Waals surface area contributed by atoms with E-state index < -0.39 is 40.7 Å². The predicted molar refractivity (Wildman–Crippen MR) is 576 cm³/mol. The average Bonchev–Trinajstić information content (AvgIpc) is 0.778. The number of aryl methyl sites for hydroxylation is 6. The average molecular weight is 2050 g/mol. The Hall–Kier alpha value is -12.1. The highest BCUT2D eigenvalue weighted by Gasteiger charge is 2.28. The van der Waals surface area contributed by atoms with Crippen LogP contribution < -0.4 is 74.3 Å². The third-order valence-electron chi connectivity index (χ3n) is 21.6. The van der Waals surface area contributed by atoms with Crippen LogP contribution in [0, 0.1) is 82.3 Å². The fourth-order valence-electron chi connectivity index (χ4n) is 13.9. The molecule has 0 aliphatic carbocycles. The number of para-hydroxylation sites is 2. The second-order valence-electron chi connectivity index (χ2n) is 37.1. The van der Waals surface area contributed by atoms with Crippen LogP contribution in [-0.2, 0) is 21.7 Å². The van der Waals surface area contributed by atoms with E-state index >= 15 is 0 Å². The maximum absolute atomic E-state index is 13.4. The van der Waals surface area contributed by atoms with Crippen molar-refractivity contribution in [2.24, 2.45) is 0 Å². The second kappa shape index (κ2) is 51.5. The summed E-state index contributed by atoms with van der Waals surface area (Å²) in [6.45, 7) is 36.4. The summed E-state index contributed by atoms with van der Waals surface area (Å²) in [5, 5.41) is 81.6. The number of hydrogen-bond acceptors (Lipinski definition) is 14. The molecule has 0 aliphatic rings. The van der Waals surface area contributed by atoms with Crippen molar-refractivity contribution in [1.82, 2.24) is 0 Å². The lowest BCUT2D eigenvalue weighted by molar-refractivity contribution is 0.111. The van der Waals surface area contributed by atoms with Crippen LogP contribution in [0.4, 0.5) is 30.7 Å². The molecule has 0 fully saturated rings. The first-order valence-corrected chi connectivity index (χ1v) is 51.2. The number of benzene rings is 14. The van der Waals surface area contributed by atoms with Crippen LogP contribution in [-0.4, -0.2) is 79.7 Å². The lowest BCUT2D eigenvalue weighted by atomic mass is 9.80. The van der Waals surface area contributed by atoms with Gasteiger partial charge in [0, 0.05) is 87.2 Å². The van der Waals surface area contributed by atoms with Crippen LogP contribution in [0.2, 0.25) is 0 Å². The second-order valence-corrected chi connectivity index (χ2v) is 46.4. The highest BCUT2D eigenvalue weighted by atomic mass is 31.1. The van der Waals surface area contributed by atoms with Gasteiger partial charge >= 0.3 is 0 Å². The number of aldehydes is 7. The maximum Gasteiger partial charge on any atom is 0.150 e. The third-order valence-corrected chi connectivity index (χ3v) is 31.3. The van der Waals surface area contributed by atoms with Gasteiger partial charge < -0.3 is 35.7 Å². The molecule has 28 heteroatoms. The molecule has 7 atom stereocenters. The molecule has 0 bridgehead atoms. The molecule has 0 aromatic heterocycles. The Labute approximate surface area is 831 Å². The van der Waals surface area contributed by atoms with Gasteiger partial charge in [0.2, 0.25) is 0 Å². The van der Waals surface area contributed by atoms with E-state index in [1.54, 1.807) is 72.8 Å². The molecule has 734 valence electrons. The van der Waals surface area contributed by atoms with Crippen molar-refractivity contribution in [3.05, 3.63) is 372 Å². The van der Waals surface area contributed by atoms with Gasteiger partial charge in [-0.15, -0.1) is 0 Å². The number of hydrogen-bond donors (Lipinski definition) is 7. The Bertz CT molecular complexity index is 6790. The van der Waals surface area contributed by atoms with Gasteiger partial charge in [-0.1, -0.05) is 258 Å². The van der Waals surface area contributed by atoms with Crippen molar-refractivity contribution in [1.29, 1.82) is 0 Å². The fraction of sp³-hybridized carbons (Fsp3) is 0.195. The van der Waals surface area contributed by atoms with Gasteiger partial charge in [-0.05, 0) is 267 Å². The molecule has 14 rings (SSSR count). The number of aromatic hydroxyl groups is 7. The minimum absolute atomic E-state index is 0.0338. The van der Waals surface area contributed by atoms with Crippen LogP contribution >= 0.6 is 60.1 Å². The van der Waals surface area contributed by atoms with E-state index in [9.17, 15) is 100 Å². The normalized spacial score (nSPS) is 11.6. The number of rotatable bonds is 21. The highest BCUT2D eigenvalue weighted by Crippen LogP contribution is 2.39. The molecule has 0 saturated heterocycles. The summed E-state index contributed by atoms with van der Waals surface area (Å²) in [7, 11) is 0.788. The molecule has 0 radical (unpaired) electrons. The van der Waals surface area contributed by atoms with Crippen LogP contribution in [0.25, 0.3) is 0 Å². The van der Waals surface area contributed by atoms with Crippen LogP contribution in [0.5, 0.6) is 40.2 Å². The van der Waals surface area contributed by atoms with E-state index in [1.165, 1.54) is 84.9 Å². The Morgan fingerprint density at radius 2 is 0.461 bits per heavy atom. The van der Waals surface area contributed by atoms with Crippen molar-refractivity contribution >= 4 is 178 Å². The smallest absolute Gasteiger partial charge is 0.150 e. The largest absolute Gasteiger partial charge is 0.507 e. The summed E-state index contributed by atoms with van der Waals surface area (Å²) in [5.74, 6) is -1.39. The van der Waals surface area contributed by atoms with Gasteiger partial charge in [0.25, 0.3) is 0 Å². The summed E-state index contributed by atoms with van der Waals surface area (Å²) < 4.78 is 91.9. The summed E-state index contributed by atoms with van der Waals surface area (Å²) in [6.07, 6.45) is 4.53. The van der Waals surface area contributed by atoms with Crippen LogP contribution in [0.15, 0.2) is 237 Å². The number of carbonyl (C=O) groups is 7. The molecule has 0 amide bonds. The van der Waals surface area contributed by atoms with E-state index in [2.05, 4.69) is 68.4 Å². The minimum Gasteiger partial charge on any atom is -0.507 e. The Morgan fingerprint density at radius 1 is 0.206 bits per heavy atom. The zero-order valence-electron chi connectivity index (χ0n) is 81.2. The van der Waals surface area contributed by atoms with Gasteiger partial charge in [0.1, 0.15) is 81.0 Å². The minimum atomic E-state index is -0.432. The van der Waals surface area contributed by atoms with Gasteiger partial charge in [0.05, 0.1) is 0 Å². The quantitative estimate of drug-likeness (QED) is 0.0201. The van der Waals surface area contributed by atoms with Crippen LogP contribution in [0.1, 0.15) is 211 Å². The topological polar surface area (TPSA) is 261 Å². The first kappa shape index (κ1) is 114. The summed E-state index contributed by atoms with van der Waals surface area (Å²) in [5.41, 5.74) is 11.4. The molecule has 14 aromatic rings. The summed E-state index contributed by atoms with van der Waals surface area (Å²) >= 11 is 0. The molecule has 0 spiro atoms. The number of halogens is 7. The van der Waals surface area contributed by atoms with Crippen molar-refractivity contribution in [2.45, 2.75) is 146 Å². The van der Waals surface area contributed by atoms with Crippen LogP contribution in [0.3, 0.4) is 0 Å². The first-order valence-electron chi connectivity index (χ1n) is 44.2. The van der Waals surface area contributed by atoms with E-state index in [1.807, 2.05) is 135 Å². The van der Waals surface area contributed by atoms with Crippen molar-refractivity contribution in [3.63, 3.8) is 0 Å². The van der Waals surface area contributed by atoms with Crippen molar-refractivity contribution in [2.75, 3.05) is 0 Å². The Balaban J connectivity index is 0.000000202. The van der Waals surface area contributed by atoms with E-state index in [0.717, 1.165) is 130 Å². The lowest BCUT2D eigenvalue weighted by Crippen LogP contribution is -2.21. The Kier molecular flexibility index (Phi) is 41.7. The molecule has 0 saturated carbocycles. The fourth-order valence-corrected chi connectivity index (χ4v) is 22.6. The van der Waals surface area contributed by atoms with Gasteiger partial charge in [-0.25, -0.2) is 30.7 Å². The molecule has 7 N–H and O–H groups in total. The summed E-state index contributed by atoms with van der Waals surface area (Å²) in [4.78, 5) is 77.1. The first-order chi connectivity index (χ1) is 66.3. The van der Waals surface area contributed by atoms with E-state index in [0.29, 0.717) is 82.9 Å². The predicted octanol–water partition coefficient (Wildman–Crippen LogP) is 20.9. The molecule has 14 nitrogen and oxygen atoms in total. The lowest BCUT2D eigenvalue weighted by Gasteiger charge is -2.27. The third kappa shape index (κ3) is 33.3. The van der Waals surface area contributed by atoms with Gasteiger partial charge in [-0.3, -0.25) is 33.6 Å².